The van der Waals surface area contributed by atoms with Crippen LogP contribution in [0.4, 0.5) is 0 Å². The Balaban J connectivity index is 2.32. The Kier molecular flexibility index (Phi) is 2.87. The van der Waals surface area contributed by atoms with Gasteiger partial charge in [0.1, 0.15) is 5.60 Å². The molecule has 66 valence electrons. The number of ether oxygens (including phenoxy) is 3. The van der Waals surface area contributed by atoms with Gasteiger partial charge < -0.3 is 14.2 Å². The molecule has 1 saturated heterocycles. The van der Waals surface area contributed by atoms with Crippen LogP contribution >= 0.6 is 0 Å². The molecule has 1 aliphatic heterocycles. The second-order valence-corrected chi connectivity index (χ2v) is 2.84. The highest BCUT2D eigenvalue weighted by Crippen LogP contribution is 2.32. The zero-order valence-electron chi connectivity index (χ0n) is 7.42. The molecule has 0 aromatic carbocycles. The van der Waals surface area contributed by atoms with Gasteiger partial charge in [-0.3, -0.25) is 0 Å². The third kappa shape index (κ3) is 2.15. The van der Waals surface area contributed by atoms with Crippen LogP contribution in [0.25, 0.3) is 0 Å². The summed E-state index contributed by atoms with van der Waals surface area (Å²) >= 11 is 0. The third-order valence-electron chi connectivity index (χ3n) is 1.73. The Labute approximate surface area is 67.6 Å². The Hall–Kier alpha value is -0.120. The smallest absolute Gasteiger partial charge is 0.188 e. The fourth-order valence-electron chi connectivity index (χ4n) is 0.953. The van der Waals surface area contributed by atoms with Crippen LogP contribution in [0.2, 0.25) is 0 Å². The van der Waals surface area contributed by atoms with E-state index >= 15 is 0 Å². The Morgan fingerprint density at radius 1 is 1.36 bits per heavy atom. The van der Waals surface area contributed by atoms with E-state index in [4.69, 9.17) is 14.2 Å². The summed E-state index contributed by atoms with van der Waals surface area (Å²) < 4.78 is 15.9. The van der Waals surface area contributed by atoms with Crippen molar-refractivity contribution >= 4 is 0 Å². The van der Waals surface area contributed by atoms with Gasteiger partial charge in [0.25, 0.3) is 0 Å². The average molecular weight is 160 g/mol. The zero-order valence-corrected chi connectivity index (χ0v) is 7.42. The standard InChI is InChI=1S/C8H16O3/c1-4-9-7(10-5-2)8(3)6-11-8/h7H,4-6H2,1-3H3. The van der Waals surface area contributed by atoms with Gasteiger partial charge in [-0.1, -0.05) is 0 Å². The van der Waals surface area contributed by atoms with Crippen LogP contribution < -0.4 is 0 Å². The number of hydrogen-bond donors (Lipinski definition) is 0. The second kappa shape index (κ2) is 3.52. The summed E-state index contributed by atoms with van der Waals surface area (Å²) in [5.74, 6) is 0. The Morgan fingerprint density at radius 3 is 2.09 bits per heavy atom. The lowest BCUT2D eigenvalue weighted by Gasteiger charge is -2.20. The van der Waals surface area contributed by atoms with Crippen LogP contribution in [0.3, 0.4) is 0 Å². The molecule has 1 unspecified atom stereocenters. The van der Waals surface area contributed by atoms with E-state index in [1.807, 2.05) is 20.8 Å². The molecule has 0 aromatic rings. The SMILES string of the molecule is CCOC(OCC)C1(C)CO1. The topological polar surface area (TPSA) is 31.0 Å². The van der Waals surface area contributed by atoms with Crippen LogP contribution in [-0.4, -0.2) is 31.7 Å². The van der Waals surface area contributed by atoms with E-state index in [0.717, 1.165) is 6.61 Å². The summed E-state index contributed by atoms with van der Waals surface area (Å²) in [5, 5.41) is 0. The molecular formula is C8H16O3. The van der Waals surface area contributed by atoms with Gasteiger partial charge in [-0.05, 0) is 20.8 Å². The van der Waals surface area contributed by atoms with Gasteiger partial charge in [-0.25, -0.2) is 0 Å². The van der Waals surface area contributed by atoms with Gasteiger partial charge in [0.15, 0.2) is 6.29 Å². The quantitative estimate of drug-likeness (QED) is 0.447. The maximum Gasteiger partial charge on any atom is 0.188 e. The van der Waals surface area contributed by atoms with Crippen molar-refractivity contribution < 1.29 is 14.2 Å². The summed E-state index contributed by atoms with van der Waals surface area (Å²) in [5.41, 5.74) is -0.175. The average Bonchev–Trinajstić information content (AvgIpc) is 2.69. The summed E-state index contributed by atoms with van der Waals surface area (Å²) in [4.78, 5) is 0. The normalized spacial score (nSPS) is 29.5. The van der Waals surface area contributed by atoms with E-state index < -0.39 is 0 Å². The van der Waals surface area contributed by atoms with Crippen molar-refractivity contribution in [2.24, 2.45) is 0 Å². The molecule has 0 aromatic heterocycles. The molecule has 1 heterocycles. The highest BCUT2D eigenvalue weighted by Gasteiger charge is 2.48. The molecule has 1 fully saturated rings. The van der Waals surface area contributed by atoms with Gasteiger partial charge in [-0.2, -0.15) is 0 Å². The zero-order chi connectivity index (χ0) is 8.32. The Bertz CT molecular complexity index is 115. The molecule has 1 atom stereocenters. The second-order valence-electron chi connectivity index (χ2n) is 2.84. The molecule has 3 nitrogen and oxygen atoms in total. The van der Waals surface area contributed by atoms with Crippen molar-refractivity contribution in [2.45, 2.75) is 32.7 Å². The minimum atomic E-state index is -0.183. The van der Waals surface area contributed by atoms with Gasteiger partial charge in [-0.15, -0.1) is 0 Å². The first-order chi connectivity index (χ1) is 5.23. The maximum atomic E-state index is 5.36. The predicted octanol–water partition coefficient (Wildman–Crippen LogP) is 1.17. The van der Waals surface area contributed by atoms with Gasteiger partial charge in [0, 0.05) is 13.2 Å². The molecule has 11 heavy (non-hydrogen) atoms. The minimum Gasteiger partial charge on any atom is -0.364 e. The maximum absolute atomic E-state index is 5.36. The van der Waals surface area contributed by atoms with E-state index in [1.165, 1.54) is 0 Å². The Morgan fingerprint density at radius 2 is 1.82 bits per heavy atom. The van der Waals surface area contributed by atoms with E-state index in [-0.39, 0.29) is 11.9 Å². The molecule has 0 saturated carbocycles. The van der Waals surface area contributed by atoms with Gasteiger partial charge in [0.05, 0.1) is 6.61 Å². The molecule has 3 heteroatoms. The van der Waals surface area contributed by atoms with E-state index in [9.17, 15) is 0 Å². The molecule has 0 N–H and O–H groups in total. The molecule has 0 spiro atoms. The minimum absolute atomic E-state index is 0.175. The van der Waals surface area contributed by atoms with E-state index in [1.54, 1.807) is 0 Å². The molecule has 1 rings (SSSR count). The summed E-state index contributed by atoms with van der Waals surface area (Å²) in [6.45, 7) is 8.00. The fourth-order valence-corrected chi connectivity index (χ4v) is 0.953. The van der Waals surface area contributed by atoms with Crippen LogP contribution in [0.1, 0.15) is 20.8 Å². The number of hydrogen-bond acceptors (Lipinski definition) is 3. The molecule has 0 amide bonds. The molecule has 0 aliphatic carbocycles. The van der Waals surface area contributed by atoms with Crippen molar-refractivity contribution in [3.05, 3.63) is 0 Å². The van der Waals surface area contributed by atoms with Crippen molar-refractivity contribution in [1.29, 1.82) is 0 Å². The highest BCUT2D eigenvalue weighted by atomic mass is 16.7. The fraction of sp³-hybridized carbons (Fsp3) is 1.00. The first-order valence-electron chi connectivity index (χ1n) is 4.10. The largest absolute Gasteiger partial charge is 0.364 e. The lowest BCUT2D eigenvalue weighted by molar-refractivity contribution is -0.169. The monoisotopic (exact) mass is 160 g/mol. The van der Waals surface area contributed by atoms with E-state index in [0.29, 0.717) is 13.2 Å². The summed E-state index contributed by atoms with van der Waals surface area (Å²) in [6, 6.07) is 0. The number of rotatable bonds is 5. The predicted molar refractivity (Wildman–Crippen MR) is 41.4 cm³/mol. The van der Waals surface area contributed by atoms with Crippen LogP contribution in [0.5, 0.6) is 0 Å². The van der Waals surface area contributed by atoms with Crippen molar-refractivity contribution in [3.63, 3.8) is 0 Å². The van der Waals surface area contributed by atoms with Crippen LogP contribution in [0, 0.1) is 0 Å². The highest BCUT2D eigenvalue weighted by molar-refractivity contribution is 4.90. The molecule has 1 aliphatic rings. The van der Waals surface area contributed by atoms with Gasteiger partial charge in [0.2, 0.25) is 0 Å². The van der Waals surface area contributed by atoms with Crippen molar-refractivity contribution in [3.8, 4) is 0 Å². The summed E-state index contributed by atoms with van der Waals surface area (Å²) in [6.07, 6.45) is -0.183. The summed E-state index contributed by atoms with van der Waals surface area (Å²) in [7, 11) is 0. The van der Waals surface area contributed by atoms with Crippen molar-refractivity contribution in [2.75, 3.05) is 19.8 Å². The lowest BCUT2D eigenvalue weighted by atomic mass is 10.2. The van der Waals surface area contributed by atoms with E-state index in [2.05, 4.69) is 0 Å². The lowest BCUT2D eigenvalue weighted by Crippen LogP contribution is -2.32. The molecule has 0 bridgehead atoms. The third-order valence-corrected chi connectivity index (χ3v) is 1.73. The van der Waals surface area contributed by atoms with Crippen molar-refractivity contribution in [1.82, 2.24) is 0 Å². The first-order valence-corrected chi connectivity index (χ1v) is 4.10. The first kappa shape index (κ1) is 8.97. The van der Waals surface area contributed by atoms with Crippen LogP contribution in [0.15, 0.2) is 0 Å². The van der Waals surface area contributed by atoms with Crippen LogP contribution in [-0.2, 0) is 14.2 Å². The number of epoxide rings is 1. The molecular weight excluding hydrogens is 144 g/mol. The van der Waals surface area contributed by atoms with Gasteiger partial charge >= 0.3 is 0 Å². The molecule has 0 radical (unpaired) electrons.